The van der Waals surface area contributed by atoms with Gasteiger partial charge in [0.2, 0.25) is 6.61 Å². The summed E-state index contributed by atoms with van der Waals surface area (Å²) in [5.41, 5.74) is 1.00. The van der Waals surface area contributed by atoms with Crippen LogP contribution in [0, 0.1) is 12.5 Å². The zero-order valence-corrected chi connectivity index (χ0v) is 4.43. The van der Waals surface area contributed by atoms with Crippen molar-refractivity contribution in [2.45, 2.75) is 13.8 Å². The van der Waals surface area contributed by atoms with Crippen LogP contribution in [-0.4, -0.2) is 5.71 Å². The molecule has 1 atom stereocenters. The molecule has 38 valence electrons. The van der Waals surface area contributed by atoms with E-state index in [-0.39, 0.29) is 0 Å². The fourth-order valence-electron chi connectivity index (χ4n) is 0.342. The minimum Gasteiger partial charge on any atom is -0.379 e. The SMILES string of the molecule is CC1=NO[C]C1C. The summed E-state index contributed by atoms with van der Waals surface area (Å²) in [6.45, 7) is 6.58. The van der Waals surface area contributed by atoms with Crippen molar-refractivity contribution in [2.75, 3.05) is 0 Å². The first kappa shape index (κ1) is 4.62. The Balaban J connectivity index is 2.54. The second-order valence-corrected chi connectivity index (χ2v) is 1.66. The van der Waals surface area contributed by atoms with Gasteiger partial charge < -0.3 is 4.84 Å². The number of hydrogen-bond acceptors (Lipinski definition) is 2. The van der Waals surface area contributed by atoms with Crippen molar-refractivity contribution in [1.82, 2.24) is 0 Å². The lowest BCUT2D eigenvalue weighted by atomic mass is 10.1. The summed E-state index contributed by atoms with van der Waals surface area (Å²) in [6, 6.07) is 0. The molecule has 1 aliphatic heterocycles. The molecular formula is C5H7NO. The van der Waals surface area contributed by atoms with E-state index < -0.39 is 0 Å². The first-order chi connectivity index (χ1) is 3.30. The Morgan fingerprint density at radius 1 is 1.86 bits per heavy atom. The van der Waals surface area contributed by atoms with Gasteiger partial charge >= 0.3 is 0 Å². The molecule has 1 heterocycles. The smallest absolute Gasteiger partial charge is 0.239 e. The van der Waals surface area contributed by atoms with Crippen molar-refractivity contribution < 1.29 is 4.84 Å². The van der Waals surface area contributed by atoms with Gasteiger partial charge in [0.1, 0.15) is 0 Å². The quantitative estimate of drug-likeness (QED) is 0.443. The standard InChI is InChI=1S/C5H7NO/c1-4-3-7-6-5(4)2/h4H,1-2H3. The van der Waals surface area contributed by atoms with Crippen molar-refractivity contribution in [1.29, 1.82) is 0 Å². The second-order valence-electron chi connectivity index (χ2n) is 1.66. The van der Waals surface area contributed by atoms with Crippen LogP contribution in [-0.2, 0) is 4.84 Å². The van der Waals surface area contributed by atoms with Crippen molar-refractivity contribution >= 4 is 5.71 Å². The van der Waals surface area contributed by atoms with Crippen LogP contribution < -0.4 is 0 Å². The lowest BCUT2D eigenvalue weighted by Crippen LogP contribution is -1.98. The summed E-state index contributed by atoms with van der Waals surface area (Å²) in [7, 11) is 0. The maximum absolute atomic E-state index is 4.51. The minimum absolute atomic E-state index is 0.292. The van der Waals surface area contributed by atoms with Crippen molar-refractivity contribution in [3.8, 4) is 0 Å². The van der Waals surface area contributed by atoms with E-state index >= 15 is 0 Å². The minimum atomic E-state index is 0.292. The largest absolute Gasteiger partial charge is 0.379 e. The van der Waals surface area contributed by atoms with Gasteiger partial charge in [0.15, 0.2) is 0 Å². The molecule has 0 saturated carbocycles. The maximum Gasteiger partial charge on any atom is 0.239 e. The highest BCUT2D eigenvalue weighted by Crippen LogP contribution is 2.11. The molecule has 0 amide bonds. The van der Waals surface area contributed by atoms with E-state index in [2.05, 4.69) is 16.6 Å². The zero-order chi connectivity index (χ0) is 5.28. The van der Waals surface area contributed by atoms with Crippen molar-refractivity contribution in [3.63, 3.8) is 0 Å². The molecule has 2 heteroatoms. The highest BCUT2D eigenvalue weighted by Gasteiger charge is 2.14. The van der Waals surface area contributed by atoms with Crippen molar-refractivity contribution in [3.05, 3.63) is 6.61 Å². The maximum atomic E-state index is 4.51. The molecule has 0 bridgehead atoms. The highest BCUT2D eigenvalue weighted by molar-refractivity contribution is 5.85. The number of oxime groups is 1. The van der Waals surface area contributed by atoms with E-state index in [1.54, 1.807) is 0 Å². The molecule has 0 aromatic rings. The van der Waals surface area contributed by atoms with Gasteiger partial charge in [-0.1, -0.05) is 12.1 Å². The summed E-state index contributed by atoms with van der Waals surface area (Å²) in [5, 5.41) is 3.62. The van der Waals surface area contributed by atoms with E-state index in [1.807, 2.05) is 13.8 Å². The van der Waals surface area contributed by atoms with Crippen LogP contribution in [0.5, 0.6) is 0 Å². The first-order valence-electron chi connectivity index (χ1n) is 2.27. The summed E-state index contributed by atoms with van der Waals surface area (Å²) in [4.78, 5) is 4.51. The Labute approximate surface area is 43.2 Å². The monoisotopic (exact) mass is 97.1 g/mol. The summed E-state index contributed by atoms with van der Waals surface area (Å²) >= 11 is 0. The van der Waals surface area contributed by atoms with Crippen LogP contribution in [0.2, 0.25) is 0 Å². The van der Waals surface area contributed by atoms with E-state index in [0.29, 0.717) is 5.92 Å². The predicted molar refractivity (Wildman–Crippen MR) is 26.6 cm³/mol. The first-order valence-corrected chi connectivity index (χ1v) is 2.27. The van der Waals surface area contributed by atoms with Gasteiger partial charge in [-0.2, -0.15) is 0 Å². The van der Waals surface area contributed by atoms with E-state index in [9.17, 15) is 0 Å². The number of hydrogen-bond donors (Lipinski definition) is 0. The van der Waals surface area contributed by atoms with Crippen LogP contribution in [0.1, 0.15) is 13.8 Å². The van der Waals surface area contributed by atoms with E-state index in [1.165, 1.54) is 0 Å². The Hall–Kier alpha value is -0.530. The molecule has 1 aliphatic rings. The fraction of sp³-hybridized carbons (Fsp3) is 0.600. The molecule has 0 saturated heterocycles. The normalized spacial score (nSPS) is 29.4. The Morgan fingerprint density at radius 2 is 2.57 bits per heavy atom. The molecule has 7 heavy (non-hydrogen) atoms. The number of rotatable bonds is 0. The van der Waals surface area contributed by atoms with E-state index in [0.717, 1.165) is 5.71 Å². The van der Waals surface area contributed by atoms with Crippen LogP contribution in [0.3, 0.4) is 0 Å². The molecule has 1 rings (SSSR count). The van der Waals surface area contributed by atoms with Gasteiger partial charge in [0.05, 0.1) is 5.71 Å². The zero-order valence-electron chi connectivity index (χ0n) is 4.43. The van der Waals surface area contributed by atoms with Crippen LogP contribution in [0.25, 0.3) is 0 Å². The molecule has 2 nitrogen and oxygen atoms in total. The third-order valence-corrected chi connectivity index (χ3v) is 1.05. The Bertz CT molecular complexity index is 98.3. The Morgan fingerprint density at radius 3 is 2.71 bits per heavy atom. The fourth-order valence-corrected chi connectivity index (χ4v) is 0.342. The molecule has 1 unspecified atom stereocenters. The molecular weight excluding hydrogens is 90.1 g/mol. The van der Waals surface area contributed by atoms with Crippen LogP contribution in [0.15, 0.2) is 5.16 Å². The van der Waals surface area contributed by atoms with Gasteiger partial charge in [-0.3, -0.25) is 0 Å². The summed E-state index contributed by atoms with van der Waals surface area (Å²) < 4.78 is 0. The van der Waals surface area contributed by atoms with Crippen LogP contribution >= 0.6 is 0 Å². The molecule has 2 radical (unpaired) electrons. The Kier molecular flexibility index (Phi) is 1.01. The van der Waals surface area contributed by atoms with Gasteiger partial charge in [-0.15, -0.1) is 0 Å². The van der Waals surface area contributed by atoms with E-state index in [4.69, 9.17) is 0 Å². The van der Waals surface area contributed by atoms with Gasteiger partial charge in [-0.25, -0.2) is 0 Å². The summed E-state index contributed by atoms with van der Waals surface area (Å²) in [6.07, 6.45) is 0. The topological polar surface area (TPSA) is 21.6 Å². The van der Waals surface area contributed by atoms with Gasteiger partial charge in [-0.05, 0) is 6.92 Å². The molecule has 0 aromatic heterocycles. The van der Waals surface area contributed by atoms with Gasteiger partial charge in [0.25, 0.3) is 0 Å². The molecule has 0 N–H and O–H groups in total. The van der Waals surface area contributed by atoms with Gasteiger partial charge in [0, 0.05) is 5.92 Å². The molecule has 0 aliphatic carbocycles. The second kappa shape index (κ2) is 1.52. The third-order valence-electron chi connectivity index (χ3n) is 1.05. The van der Waals surface area contributed by atoms with Crippen molar-refractivity contribution in [2.24, 2.45) is 11.1 Å². The average Bonchev–Trinajstić information content (AvgIpc) is 1.91. The predicted octanol–water partition coefficient (Wildman–Crippen LogP) is 1.07. The molecule has 0 spiro atoms. The average molecular weight is 97.1 g/mol. The number of nitrogens with zero attached hydrogens (tertiary/aromatic N) is 1. The lowest BCUT2D eigenvalue weighted by Gasteiger charge is -1.89. The molecule has 0 fully saturated rings. The molecule has 0 aromatic carbocycles. The third kappa shape index (κ3) is 0.734. The highest BCUT2D eigenvalue weighted by atomic mass is 16.6. The lowest BCUT2D eigenvalue weighted by molar-refractivity contribution is 0.223. The van der Waals surface area contributed by atoms with Crippen LogP contribution in [0.4, 0.5) is 0 Å². The summed E-state index contributed by atoms with van der Waals surface area (Å²) in [5.74, 6) is 0.292.